The average Bonchev–Trinajstić information content (AvgIpc) is 2.97. The first-order chi connectivity index (χ1) is 20.6. The lowest BCUT2D eigenvalue weighted by atomic mass is 10.0. The van der Waals surface area contributed by atoms with E-state index in [-0.39, 0.29) is 11.9 Å². The van der Waals surface area contributed by atoms with E-state index < -0.39 is 0 Å². The third kappa shape index (κ3) is 43.1. The van der Waals surface area contributed by atoms with E-state index in [1.54, 1.807) is 0 Å². The smallest absolute Gasteiger partial charge is 0.305 e. The number of esters is 1. The number of nitrogens with two attached hydrogens (primary N) is 1. The van der Waals surface area contributed by atoms with E-state index in [4.69, 9.17) is 10.5 Å². The van der Waals surface area contributed by atoms with Gasteiger partial charge < -0.3 is 10.5 Å². The van der Waals surface area contributed by atoms with Crippen molar-refractivity contribution >= 4 is 11.9 Å². The van der Waals surface area contributed by atoms with Crippen molar-refractivity contribution in [3.05, 3.63) is 12.2 Å². The van der Waals surface area contributed by atoms with E-state index in [1.165, 1.54) is 161 Å². The summed E-state index contributed by atoms with van der Waals surface area (Å²) in [6.07, 6.45) is 42.9. The van der Waals surface area contributed by atoms with Crippen LogP contribution in [-0.4, -0.2) is 18.5 Å². The third-order valence-corrected chi connectivity index (χ3v) is 7.97. The molecule has 0 aromatic rings. The molecule has 0 aliphatic rings. The second kappa shape index (κ2) is 39.7. The number of allylic oxidation sites excluding steroid dienone is 2. The van der Waals surface area contributed by atoms with Crippen molar-refractivity contribution < 1.29 is 14.3 Å². The van der Waals surface area contributed by atoms with Crippen molar-refractivity contribution in [2.75, 3.05) is 6.61 Å². The van der Waals surface area contributed by atoms with Crippen molar-refractivity contribution in [3.63, 3.8) is 0 Å². The quantitative estimate of drug-likeness (QED) is 0.0479. The van der Waals surface area contributed by atoms with Crippen LogP contribution in [0.1, 0.15) is 213 Å². The molecule has 0 saturated carbocycles. The molecule has 0 bridgehead atoms. The van der Waals surface area contributed by atoms with Crippen LogP contribution in [0.25, 0.3) is 0 Å². The van der Waals surface area contributed by atoms with Gasteiger partial charge in [0.25, 0.3) is 0 Å². The number of unbranched alkanes of at least 4 members (excludes halogenated alkanes) is 25. The Morgan fingerprint density at radius 3 is 1.10 bits per heavy atom. The molecule has 1 amide bonds. The molecule has 0 aromatic heterocycles. The van der Waals surface area contributed by atoms with Gasteiger partial charge in [-0.1, -0.05) is 167 Å². The van der Waals surface area contributed by atoms with E-state index in [0.29, 0.717) is 19.4 Å². The highest BCUT2D eigenvalue weighted by atomic mass is 16.5. The highest BCUT2D eigenvalue weighted by molar-refractivity contribution is 5.73. The monoisotopic (exact) mass is 594 g/mol. The van der Waals surface area contributed by atoms with Crippen LogP contribution in [0.2, 0.25) is 0 Å². The van der Waals surface area contributed by atoms with Crippen LogP contribution in [0.15, 0.2) is 12.2 Å². The largest absolute Gasteiger partial charge is 0.466 e. The van der Waals surface area contributed by atoms with Gasteiger partial charge in [0.15, 0.2) is 0 Å². The van der Waals surface area contributed by atoms with Gasteiger partial charge in [0.2, 0.25) is 5.91 Å². The summed E-state index contributed by atoms with van der Waals surface area (Å²) in [6, 6.07) is 0. The molecular formula is C38H75NO3. The molecule has 250 valence electrons. The highest BCUT2D eigenvalue weighted by Gasteiger charge is 2.00. The summed E-state index contributed by atoms with van der Waals surface area (Å²) in [5.41, 5.74) is 5.11. The van der Waals surface area contributed by atoms with E-state index in [1.807, 2.05) is 6.92 Å². The van der Waals surface area contributed by atoms with Gasteiger partial charge in [0.1, 0.15) is 0 Å². The molecule has 0 aliphatic heterocycles. The zero-order chi connectivity index (χ0) is 31.2. The Kier molecular flexibility index (Phi) is 40.4. The lowest BCUT2D eigenvalue weighted by molar-refractivity contribution is -0.143. The summed E-state index contributed by atoms with van der Waals surface area (Å²) in [7, 11) is 0. The number of carbonyl (C=O) groups excluding carboxylic acids is 2. The molecule has 0 fully saturated rings. The van der Waals surface area contributed by atoms with Crippen molar-refractivity contribution in [1.82, 2.24) is 0 Å². The fourth-order valence-corrected chi connectivity index (χ4v) is 5.24. The van der Waals surface area contributed by atoms with Gasteiger partial charge >= 0.3 is 5.97 Å². The number of rotatable bonds is 32. The van der Waals surface area contributed by atoms with Crippen LogP contribution in [0, 0.1) is 0 Å². The van der Waals surface area contributed by atoms with Crippen molar-refractivity contribution in [1.29, 1.82) is 0 Å². The molecule has 4 heteroatoms. The second-order valence-electron chi connectivity index (χ2n) is 12.3. The number of hydrogen-bond donors (Lipinski definition) is 1. The number of ether oxygens (including phenoxy) is 1. The first kappa shape index (κ1) is 42.8. The topological polar surface area (TPSA) is 69.4 Å². The molecule has 42 heavy (non-hydrogen) atoms. The van der Waals surface area contributed by atoms with Gasteiger partial charge in [-0.3, -0.25) is 9.59 Å². The molecular weight excluding hydrogens is 518 g/mol. The van der Waals surface area contributed by atoms with Gasteiger partial charge in [0, 0.05) is 12.8 Å². The summed E-state index contributed by atoms with van der Waals surface area (Å²) in [4.78, 5) is 21.7. The molecule has 0 heterocycles. The van der Waals surface area contributed by atoms with Crippen LogP contribution in [0.5, 0.6) is 0 Å². The number of primary amides is 1. The zero-order valence-electron chi connectivity index (χ0n) is 28.9. The van der Waals surface area contributed by atoms with E-state index in [2.05, 4.69) is 26.0 Å². The minimum Gasteiger partial charge on any atom is -0.466 e. The molecule has 2 N–H and O–H groups in total. The predicted molar refractivity (Wildman–Crippen MR) is 185 cm³/mol. The molecule has 0 saturated heterocycles. The highest BCUT2D eigenvalue weighted by Crippen LogP contribution is 2.14. The first-order valence-electron chi connectivity index (χ1n) is 18.7. The normalized spacial score (nSPS) is 11.0. The maximum Gasteiger partial charge on any atom is 0.305 e. The summed E-state index contributed by atoms with van der Waals surface area (Å²) in [6.45, 7) is 6.91. The molecule has 0 spiro atoms. The molecule has 0 rings (SSSR count). The van der Waals surface area contributed by atoms with Gasteiger partial charge in [-0.25, -0.2) is 0 Å². The summed E-state index contributed by atoms with van der Waals surface area (Å²) >= 11 is 0. The molecule has 0 aliphatic carbocycles. The zero-order valence-corrected chi connectivity index (χ0v) is 28.9. The van der Waals surface area contributed by atoms with Crippen LogP contribution in [0.3, 0.4) is 0 Å². The second-order valence-corrected chi connectivity index (χ2v) is 12.3. The molecule has 4 nitrogen and oxygen atoms in total. The van der Waals surface area contributed by atoms with Crippen LogP contribution in [0.4, 0.5) is 0 Å². The summed E-state index contributed by atoms with van der Waals surface area (Å²) in [5.74, 6) is -0.195. The van der Waals surface area contributed by atoms with Crippen LogP contribution < -0.4 is 5.73 Å². The van der Waals surface area contributed by atoms with Crippen molar-refractivity contribution in [3.8, 4) is 0 Å². The number of hydrogen-bond acceptors (Lipinski definition) is 3. The summed E-state index contributed by atoms with van der Waals surface area (Å²) < 4.78 is 4.91. The Bertz CT molecular complexity index is 561. The standard InChI is InChI=1S/C20H38O2.C18H37NO/c1-3-5-6-7-8-9-10-11-12-13-14-15-16-17-18-19-20(21)22-4-2;1-2-3-4-5-6-7-8-9-10-11-12-13-14-15-16-17-18(19)20/h11-12H,3-10,13-19H2,1-2H3;2-17H2,1H3,(H2,19,20). The van der Waals surface area contributed by atoms with Crippen molar-refractivity contribution in [2.45, 2.75) is 213 Å². The maximum absolute atomic E-state index is 11.1. The maximum atomic E-state index is 11.1. The molecule has 0 atom stereocenters. The number of carbonyl (C=O) groups is 2. The van der Waals surface area contributed by atoms with Gasteiger partial charge in [-0.2, -0.15) is 0 Å². The minimum absolute atomic E-state index is 0.0415. The Balaban J connectivity index is 0. The van der Waals surface area contributed by atoms with Gasteiger partial charge in [0.05, 0.1) is 6.61 Å². The first-order valence-corrected chi connectivity index (χ1v) is 18.7. The van der Waals surface area contributed by atoms with Gasteiger partial charge in [-0.05, 0) is 45.4 Å². The van der Waals surface area contributed by atoms with Crippen LogP contribution in [-0.2, 0) is 14.3 Å². The third-order valence-electron chi connectivity index (χ3n) is 7.97. The van der Waals surface area contributed by atoms with E-state index >= 15 is 0 Å². The fraction of sp³-hybridized carbons (Fsp3) is 0.895. The lowest BCUT2D eigenvalue weighted by Gasteiger charge is -2.03. The van der Waals surface area contributed by atoms with E-state index in [9.17, 15) is 9.59 Å². The molecule has 0 unspecified atom stereocenters. The Morgan fingerprint density at radius 2 is 0.762 bits per heavy atom. The Labute approximate surface area is 263 Å². The predicted octanol–water partition coefficient (Wildman–Crippen LogP) is 12.3. The van der Waals surface area contributed by atoms with Crippen molar-refractivity contribution in [2.24, 2.45) is 5.73 Å². The van der Waals surface area contributed by atoms with Crippen LogP contribution >= 0.6 is 0 Å². The Hall–Kier alpha value is -1.32. The SMILES string of the molecule is CCCCCCCCC=CCCCCCCCC(=O)OCC.CCCCCCCCCCCCCCCCCC(N)=O. The van der Waals surface area contributed by atoms with E-state index in [0.717, 1.165) is 19.3 Å². The number of amides is 1. The molecule has 0 radical (unpaired) electrons. The average molecular weight is 594 g/mol. The lowest BCUT2D eigenvalue weighted by Crippen LogP contribution is -2.09. The Morgan fingerprint density at radius 1 is 0.452 bits per heavy atom. The summed E-state index contributed by atoms with van der Waals surface area (Å²) in [5, 5.41) is 0. The minimum atomic E-state index is -0.153. The molecule has 0 aromatic carbocycles. The fourth-order valence-electron chi connectivity index (χ4n) is 5.24. The van der Waals surface area contributed by atoms with Gasteiger partial charge in [-0.15, -0.1) is 0 Å².